The van der Waals surface area contributed by atoms with Crippen LogP contribution in [0.3, 0.4) is 0 Å². The molecule has 0 fully saturated rings. The van der Waals surface area contributed by atoms with Gasteiger partial charge in [-0.25, -0.2) is 4.79 Å². The summed E-state index contributed by atoms with van der Waals surface area (Å²) in [5, 5.41) is 2.71. The van der Waals surface area contributed by atoms with Crippen molar-refractivity contribution < 1.29 is 23.8 Å². The molecule has 0 aliphatic carbocycles. The zero-order valence-electron chi connectivity index (χ0n) is 14.8. The summed E-state index contributed by atoms with van der Waals surface area (Å²) in [4.78, 5) is 23.4. The number of hydrogen-bond acceptors (Lipinski definition) is 5. The van der Waals surface area contributed by atoms with Crippen LogP contribution in [-0.2, 0) is 20.7 Å². The summed E-state index contributed by atoms with van der Waals surface area (Å²) in [6, 6.07) is 16.9. The number of ether oxygens (including phenoxy) is 3. The molecule has 2 aromatic rings. The van der Waals surface area contributed by atoms with Crippen LogP contribution in [0.5, 0.6) is 11.5 Å². The van der Waals surface area contributed by atoms with Crippen molar-refractivity contribution in [1.82, 2.24) is 5.32 Å². The van der Waals surface area contributed by atoms with Gasteiger partial charge in [0.05, 0.1) is 6.61 Å². The van der Waals surface area contributed by atoms with E-state index in [1.807, 2.05) is 43.3 Å². The SMILES string of the molecule is CCOc1ccccc1OCC(=O)OCC(=O)NCCc1ccccc1. The molecule has 0 aliphatic heterocycles. The minimum atomic E-state index is -0.616. The molecule has 0 bridgehead atoms. The predicted molar refractivity (Wildman–Crippen MR) is 97.2 cm³/mol. The van der Waals surface area contributed by atoms with Gasteiger partial charge in [-0.3, -0.25) is 4.79 Å². The first-order chi connectivity index (χ1) is 12.7. The van der Waals surface area contributed by atoms with Crippen LogP contribution in [0.4, 0.5) is 0 Å². The molecule has 0 heterocycles. The lowest BCUT2D eigenvalue weighted by molar-refractivity contribution is -0.150. The second-order valence-electron chi connectivity index (χ2n) is 5.41. The van der Waals surface area contributed by atoms with E-state index in [4.69, 9.17) is 14.2 Å². The van der Waals surface area contributed by atoms with E-state index in [-0.39, 0.29) is 19.1 Å². The van der Waals surface area contributed by atoms with E-state index in [1.54, 1.807) is 18.2 Å². The summed E-state index contributed by atoms with van der Waals surface area (Å²) >= 11 is 0. The highest BCUT2D eigenvalue weighted by Crippen LogP contribution is 2.26. The average Bonchev–Trinajstić information content (AvgIpc) is 2.67. The van der Waals surface area contributed by atoms with Gasteiger partial charge in [0.15, 0.2) is 24.7 Å². The van der Waals surface area contributed by atoms with Gasteiger partial charge in [-0.1, -0.05) is 42.5 Å². The first kappa shape index (κ1) is 19.3. The minimum absolute atomic E-state index is 0.290. The maximum Gasteiger partial charge on any atom is 0.344 e. The number of para-hydroxylation sites is 2. The molecule has 26 heavy (non-hydrogen) atoms. The van der Waals surface area contributed by atoms with Crippen molar-refractivity contribution >= 4 is 11.9 Å². The molecule has 0 saturated heterocycles. The molecule has 0 spiro atoms. The fourth-order valence-electron chi connectivity index (χ4n) is 2.21. The molecular formula is C20H23NO5. The molecule has 6 nitrogen and oxygen atoms in total. The van der Waals surface area contributed by atoms with Crippen molar-refractivity contribution in [2.24, 2.45) is 0 Å². The maximum atomic E-state index is 11.7. The number of carbonyl (C=O) groups is 2. The molecule has 2 aromatic carbocycles. The fourth-order valence-corrected chi connectivity index (χ4v) is 2.21. The lowest BCUT2D eigenvalue weighted by atomic mass is 10.1. The Morgan fingerprint density at radius 1 is 0.885 bits per heavy atom. The van der Waals surface area contributed by atoms with Crippen LogP contribution in [0.2, 0.25) is 0 Å². The second-order valence-corrected chi connectivity index (χ2v) is 5.41. The fraction of sp³-hybridized carbons (Fsp3) is 0.300. The third kappa shape index (κ3) is 6.84. The predicted octanol–water partition coefficient (Wildman–Crippen LogP) is 2.37. The molecule has 2 rings (SSSR count). The van der Waals surface area contributed by atoms with Gasteiger partial charge in [-0.2, -0.15) is 0 Å². The van der Waals surface area contributed by atoms with Crippen LogP contribution in [0.25, 0.3) is 0 Å². The van der Waals surface area contributed by atoms with Gasteiger partial charge in [0.2, 0.25) is 0 Å². The van der Waals surface area contributed by atoms with Crippen LogP contribution < -0.4 is 14.8 Å². The summed E-state index contributed by atoms with van der Waals surface area (Å²) in [6.07, 6.45) is 0.720. The topological polar surface area (TPSA) is 73.9 Å². The lowest BCUT2D eigenvalue weighted by Gasteiger charge is -2.11. The monoisotopic (exact) mass is 357 g/mol. The van der Waals surface area contributed by atoms with Crippen LogP contribution in [0.1, 0.15) is 12.5 Å². The number of esters is 1. The van der Waals surface area contributed by atoms with E-state index in [0.29, 0.717) is 24.7 Å². The first-order valence-corrected chi connectivity index (χ1v) is 8.50. The Hall–Kier alpha value is -3.02. The molecular weight excluding hydrogens is 334 g/mol. The summed E-state index contributed by atoms with van der Waals surface area (Å²) in [5.74, 6) is 0.0542. The van der Waals surface area contributed by atoms with Crippen molar-refractivity contribution in [2.45, 2.75) is 13.3 Å². The Balaban J connectivity index is 1.64. The lowest BCUT2D eigenvalue weighted by Crippen LogP contribution is -2.31. The van der Waals surface area contributed by atoms with E-state index in [9.17, 15) is 9.59 Å². The van der Waals surface area contributed by atoms with Crippen molar-refractivity contribution in [2.75, 3.05) is 26.4 Å². The molecule has 138 valence electrons. The highest BCUT2D eigenvalue weighted by molar-refractivity contribution is 5.80. The van der Waals surface area contributed by atoms with E-state index in [2.05, 4.69) is 5.32 Å². The quantitative estimate of drug-likeness (QED) is 0.661. The third-order valence-electron chi connectivity index (χ3n) is 3.44. The van der Waals surface area contributed by atoms with Gasteiger partial charge in [0.25, 0.3) is 5.91 Å². The van der Waals surface area contributed by atoms with Gasteiger partial charge >= 0.3 is 5.97 Å². The number of rotatable bonds is 10. The molecule has 0 aromatic heterocycles. The van der Waals surface area contributed by atoms with E-state index < -0.39 is 5.97 Å². The molecule has 0 unspecified atom stereocenters. The molecule has 0 aliphatic rings. The van der Waals surface area contributed by atoms with Gasteiger partial charge < -0.3 is 19.5 Å². The Morgan fingerprint density at radius 3 is 2.23 bits per heavy atom. The van der Waals surface area contributed by atoms with E-state index in [1.165, 1.54) is 0 Å². The zero-order valence-corrected chi connectivity index (χ0v) is 14.8. The molecule has 1 amide bonds. The number of carbonyl (C=O) groups excluding carboxylic acids is 2. The minimum Gasteiger partial charge on any atom is -0.490 e. The summed E-state index contributed by atoms with van der Waals surface area (Å²) < 4.78 is 15.7. The number of benzene rings is 2. The first-order valence-electron chi connectivity index (χ1n) is 8.50. The maximum absolute atomic E-state index is 11.7. The standard InChI is InChI=1S/C20H23NO5/c1-2-24-17-10-6-7-11-18(17)25-15-20(23)26-14-19(22)21-13-12-16-8-4-3-5-9-16/h3-11H,2,12-15H2,1H3,(H,21,22). The van der Waals surface area contributed by atoms with Crippen molar-refractivity contribution in [1.29, 1.82) is 0 Å². The highest BCUT2D eigenvalue weighted by atomic mass is 16.6. The van der Waals surface area contributed by atoms with Crippen LogP contribution in [-0.4, -0.2) is 38.2 Å². The third-order valence-corrected chi connectivity index (χ3v) is 3.44. The number of nitrogens with one attached hydrogen (secondary N) is 1. The molecule has 0 saturated carbocycles. The molecule has 1 N–H and O–H groups in total. The van der Waals surface area contributed by atoms with Crippen LogP contribution >= 0.6 is 0 Å². The van der Waals surface area contributed by atoms with Gasteiger partial charge in [-0.15, -0.1) is 0 Å². The van der Waals surface area contributed by atoms with E-state index >= 15 is 0 Å². The zero-order chi connectivity index (χ0) is 18.6. The van der Waals surface area contributed by atoms with Gasteiger partial charge in [-0.05, 0) is 31.0 Å². The largest absolute Gasteiger partial charge is 0.490 e. The van der Waals surface area contributed by atoms with Crippen LogP contribution in [0, 0.1) is 0 Å². The smallest absolute Gasteiger partial charge is 0.344 e. The second kappa shape index (κ2) is 10.8. The number of amides is 1. The van der Waals surface area contributed by atoms with Crippen molar-refractivity contribution in [3.05, 3.63) is 60.2 Å². The van der Waals surface area contributed by atoms with Crippen molar-refractivity contribution in [3.8, 4) is 11.5 Å². The van der Waals surface area contributed by atoms with Crippen molar-refractivity contribution in [3.63, 3.8) is 0 Å². The van der Waals surface area contributed by atoms with E-state index in [0.717, 1.165) is 12.0 Å². The van der Waals surface area contributed by atoms with Gasteiger partial charge in [0, 0.05) is 6.54 Å². The Kier molecular flexibility index (Phi) is 7.99. The Bertz CT molecular complexity index is 702. The average molecular weight is 357 g/mol. The Morgan fingerprint density at radius 2 is 1.54 bits per heavy atom. The summed E-state index contributed by atoms with van der Waals surface area (Å²) in [5.41, 5.74) is 1.13. The molecule has 6 heteroatoms. The molecule has 0 atom stereocenters. The summed E-state index contributed by atoms with van der Waals surface area (Å²) in [6.45, 7) is 2.22. The number of hydrogen-bond donors (Lipinski definition) is 1. The highest BCUT2D eigenvalue weighted by Gasteiger charge is 2.10. The van der Waals surface area contributed by atoms with Crippen LogP contribution in [0.15, 0.2) is 54.6 Å². The van der Waals surface area contributed by atoms with Gasteiger partial charge in [0.1, 0.15) is 0 Å². The normalized spacial score (nSPS) is 10.0. The Labute approximate surface area is 153 Å². The summed E-state index contributed by atoms with van der Waals surface area (Å²) in [7, 11) is 0. The molecule has 0 radical (unpaired) electrons.